The topological polar surface area (TPSA) is 116 Å². The maximum Gasteiger partial charge on any atom is 0.407 e. The zero-order valence-electron chi connectivity index (χ0n) is 18.9. The van der Waals surface area contributed by atoms with Gasteiger partial charge in [0.25, 0.3) is 5.56 Å². The Morgan fingerprint density at radius 3 is 2.50 bits per heavy atom. The molecule has 1 amide bonds. The molecular formula is C23H26BrN7O3. The molecule has 0 spiro atoms. The standard InChI is InChI=1S/C23H26BrN7O3/c1-14-17-13-26-22(28-20(17)31(21(32)19(14)24)15-4-2-3-5-15)27-18-7-6-16(12-25-18)29-8-10-30(11-9-29)23(33)34/h6-7,12-13,15H,2-5,8-11H2,1H3,(H,33,34)(H,25,26,27,28). The van der Waals surface area contributed by atoms with Gasteiger partial charge in [-0.25, -0.2) is 14.8 Å². The molecule has 2 aliphatic rings. The first-order chi connectivity index (χ1) is 16.4. The van der Waals surface area contributed by atoms with Crippen LogP contribution < -0.4 is 15.8 Å². The van der Waals surface area contributed by atoms with Crippen molar-refractivity contribution in [1.29, 1.82) is 0 Å². The van der Waals surface area contributed by atoms with Crippen molar-refractivity contribution < 1.29 is 9.90 Å². The van der Waals surface area contributed by atoms with Gasteiger partial charge in [0.1, 0.15) is 11.5 Å². The van der Waals surface area contributed by atoms with E-state index in [2.05, 4.69) is 36.1 Å². The van der Waals surface area contributed by atoms with Crippen molar-refractivity contribution in [3.63, 3.8) is 0 Å². The van der Waals surface area contributed by atoms with Crippen LogP contribution >= 0.6 is 15.9 Å². The van der Waals surface area contributed by atoms with Crippen molar-refractivity contribution in [2.75, 3.05) is 36.4 Å². The normalized spacial score (nSPS) is 16.9. The Labute approximate surface area is 204 Å². The summed E-state index contributed by atoms with van der Waals surface area (Å²) in [4.78, 5) is 41.4. The Kier molecular flexibility index (Phi) is 6.11. The zero-order chi connectivity index (χ0) is 23.8. The van der Waals surface area contributed by atoms with Crippen LogP contribution in [0.3, 0.4) is 0 Å². The Morgan fingerprint density at radius 1 is 1.12 bits per heavy atom. The number of halogens is 1. The Morgan fingerprint density at radius 2 is 1.85 bits per heavy atom. The van der Waals surface area contributed by atoms with Crippen LogP contribution in [0.4, 0.5) is 22.2 Å². The number of aryl methyl sites for hydroxylation is 1. The van der Waals surface area contributed by atoms with E-state index in [4.69, 9.17) is 10.1 Å². The van der Waals surface area contributed by atoms with Crippen molar-refractivity contribution in [3.8, 4) is 0 Å². The molecule has 0 atom stereocenters. The minimum atomic E-state index is -0.881. The molecule has 1 aliphatic heterocycles. The lowest BCUT2D eigenvalue weighted by Crippen LogP contribution is -2.48. The van der Waals surface area contributed by atoms with Gasteiger partial charge >= 0.3 is 6.09 Å². The SMILES string of the molecule is Cc1c(Br)c(=O)n(C2CCCC2)c2nc(Nc3ccc(N4CCN(C(=O)O)CC4)cn3)ncc12. The second-order valence-corrected chi connectivity index (χ2v) is 9.56. The van der Waals surface area contributed by atoms with E-state index < -0.39 is 6.09 Å². The third kappa shape index (κ3) is 4.20. The maximum absolute atomic E-state index is 13.1. The highest BCUT2D eigenvalue weighted by atomic mass is 79.9. The average molecular weight is 528 g/mol. The van der Waals surface area contributed by atoms with Crippen LogP contribution in [0.15, 0.2) is 33.8 Å². The third-order valence-corrected chi connectivity index (χ3v) is 7.66. The number of amides is 1. The molecule has 4 heterocycles. The van der Waals surface area contributed by atoms with Gasteiger partial charge in [-0.2, -0.15) is 4.98 Å². The highest BCUT2D eigenvalue weighted by Gasteiger charge is 2.24. The number of carbonyl (C=O) groups is 1. The second kappa shape index (κ2) is 9.21. The number of hydrogen-bond donors (Lipinski definition) is 2. The van der Waals surface area contributed by atoms with Gasteiger partial charge in [0.15, 0.2) is 0 Å². The smallest absolute Gasteiger partial charge is 0.407 e. The Hall–Kier alpha value is -3.21. The van der Waals surface area contributed by atoms with E-state index >= 15 is 0 Å². The second-order valence-electron chi connectivity index (χ2n) is 8.77. The molecule has 1 saturated heterocycles. The fourth-order valence-electron chi connectivity index (χ4n) is 4.78. The molecule has 178 valence electrons. The van der Waals surface area contributed by atoms with E-state index in [1.165, 1.54) is 4.90 Å². The van der Waals surface area contributed by atoms with Crippen LogP contribution in [0.1, 0.15) is 37.3 Å². The highest BCUT2D eigenvalue weighted by molar-refractivity contribution is 9.10. The van der Waals surface area contributed by atoms with Crippen LogP contribution in [-0.4, -0.2) is 61.8 Å². The van der Waals surface area contributed by atoms with Gasteiger partial charge in [0.2, 0.25) is 5.95 Å². The number of anilines is 3. The molecule has 34 heavy (non-hydrogen) atoms. The van der Waals surface area contributed by atoms with Crippen molar-refractivity contribution in [3.05, 3.63) is 44.9 Å². The van der Waals surface area contributed by atoms with Crippen molar-refractivity contribution >= 4 is 50.5 Å². The van der Waals surface area contributed by atoms with Gasteiger partial charge < -0.3 is 20.2 Å². The molecule has 2 N–H and O–H groups in total. The summed E-state index contributed by atoms with van der Waals surface area (Å²) >= 11 is 3.47. The minimum Gasteiger partial charge on any atom is -0.465 e. The van der Waals surface area contributed by atoms with Crippen LogP contribution in [0.25, 0.3) is 11.0 Å². The molecule has 3 aromatic rings. The van der Waals surface area contributed by atoms with Gasteiger partial charge in [0, 0.05) is 43.8 Å². The van der Waals surface area contributed by atoms with E-state index in [0.29, 0.717) is 48.1 Å². The summed E-state index contributed by atoms with van der Waals surface area (Å²) in [6.07, 6.45) is 6.81. The van der Waals surface area contributed by atoms with Gasteiger partial charge in [0.05, 0.1) is 16.4 Å². The summed E-state index contributed by atoms with van der Waals surface area (Å²) in [5.41, 5.74) is 2.37. The summed E-state index contributed by atoms with van der Waals surface area (Å²) in [7, 11) is 0. The lowest BCUT2D eigenvalue weighted by atomic mass is 10.1. The largest absolute Gasteiger partial charge is 0.465 e. The van der Waals surface area contributed by atoms with Crippen LogP contribution in [0.5, 0.6) is 0 Å². The number of pyridine rings is 2. The Balaban J connectivity index is 1.39. The van der Waals surface area contributed by atoms with E-state index in [9.17, 15) is 9.59 Å². The van der Waals surface area contributed by atoms with E-state index in [0.717, 1.165) is 42.3 Å². The molecule has 5 rings (SSSR count). The zero-order valence-corrected chi connectivity index (χ0v) is 20.5. The fraction of sp³-hybridized carbons (Fsp3) is 0.435. The summed E-state index contributed by atoms with van der Waals surface area (Å²) in [5, 5.41) is 13.1. The lowest BCUT2D eigenvalue weighted by molar-refractivity contribution is 0.142. The molecule has 0 unspecified atom stereocenters. The summed E-state index contributed by atoms with van der Waals surface area (Å²) in [6, 6.07) is 3.94. The van der Waals surface area contributed by atoms with Crippen molar-refractivity contribution in [2.24, 2.45) is 0 Å². The molecule has 1 saturated carbocycles. The van der Waals surface area contributed by atoms with Crippen molar-refractivity contribution in [2.45, 2.75) is 38.6 Å². The number of piperazine rings is 1. The number of aromatic nitrogens is 4. The highest BCUT2D eigenvalue weighted by Crippen LogP contribution is 2.32. The summed E-state index contributed by atoms with van der Waals surface area (Å²) in [6.45, 7) is 4.10. The number of nitrogens with one attached hydrogen (secondary N) is 1. The number of carboxylic acid groups (broad SMARTS) is 1. The van der Waals surface area contributed by atoms with E-state index in [1.54, 1.807) is 12.4 Å². The lowest BCUT2D eigenvalue weighted by Gasteiger charge is -2.34. The molecule has 11 heteroatoms. The first-order valence-electron chi connectivity index (χ1n) is 11.5. The average Bonchev–Trinajstić information content (AvgIpc) is 3.38. The monoisotopic (exact) mass is 527 g/mol. The molecule has 2 fully saturated rings. The molecule has 1 aliphatic carbocycles. The minimum absolute atomic E-state index is 0.0491. The molecule has 0 aromatic carbocycles. The van der Waals surface area contributed by atoms with E-state index in [1.807, 2.05) is 23.6 Å². The number of fused-ring (bicyclic) bond motifs is 1. The molecule has 0 radical (unpaired) electrons. The summed E-state index contributed by atoms with van der Waals surface area (Å²) in [5.74, 6) is 0.978. The van der Waals surface area contributed by atoms with Gasteiger partial charge in [-0.15, -0.1) is 0 Å². The molecular weight excluding hydrogens is 502 g/mol. The maximum atomic E-state index is 13.1. The number of rotatable bonds is 4. The van der Waals surface area contributed by atoms with Gasteiger partial charge in [-0.05, 0) is 53.4 Å². The predicted molar refractivity (Wildman–Crippen MR) is 133 cm³/mol. The summed E-state index contributed by atoms with van der Waals surface area (Å²) < 4.78 is 2.39. The fourth-order valence-corrected chi connectivity index (χ4v) is 5.19. The van der Waals surface area contributed by atoms with Crippen LogP contribution in [0.2, 0.25) is 0 Å². The Bertz CT molecular complexity index is 1280. The van der Waals surface area contributed by atoms with E-state index in [-0.39, 0.29) is 11.6 Å². The third-order valence-electron chi connectivity index (χ3n) is 6.73. The quantitative estimate of drug-likeness (QED) is 0.524. The first-order valence-corrected chi connectivity index (χ1v) is 12.2. The molecule has 10 nitrogen and oxygen atoms in total. The predicted octanol–water partition coefficient (Wildman–Crippen LogP) is 3.92. The first kappa shape index (κ1) is 22.6. The van der Waals surface area contributed by atoms with Crippen molar-refractivity contribution in [1.82, 2.24) is 24.4 Å². The van der Waals surface area contributed by atoms with Gasteiger partial charge in [-0.3, -0.25) is 9.36 Å². The van der Waals surface area contributed by atoms with Crippen LogP contribution in [-0.2, 0) is 0 Å². The number of nitrogens with zero attached hydrogens (tertiary/aromatic N) is 6. The van der Waals surface area contributed by atoms with Gasteiger partial charge in [-0.1, -0.05) is 12.8 Å². The number of hydrogen-bond acceptors (Lipinski definition) is 7. The van der Waals surface area contributed by atoms with Crippen LogP contribution in [0, 0.1) is 6.92 Å². The molecule has 3 aromatic heterocycles. The molecule has 0 bridgehead atoms.